The molecule has 0 unspecified atom stereocenters. The fourth-order valence-electron chi connectivity index (χ4n) is 3.40. The Balaban J connectivity index is 1.74. The van der Waals surface area contributed by atoms with Gasteiger partial charge in [-0.05, 0) is 59.7 Å². The molecule has 0 bridgehead atoms. The molecule has 0 fully saturated rings. The minimum Gasteiger partial charge on any atom is -0.318 e. The number of halogens is 3. The summed E-state index contributed by atoms with van der Waals surface area (Å²) >= 11 is 0. The molecule has 3 rings (SSSR count). The normalized spacial score (nSPS) is 14.8. The number of carbonyl (C=O) groups excluding carboxylic acids is 1. The standard InChI is InChI=1S/C22H25F3N2O/c1-15(2)8-10-27-11-9-18-12-17(6-7-19(18)14-27)16-4-3-5-20(13-16)26-21(28)22(23,24)25/h3-7,12-13,15H,8-11,14H2,1-2H3,(H,26,28). The Hall–Kier alpha value is -2.34. The smallest absolute Gasteiger partial charge is 0.318 e. The highest BCUT2D eigenvalue weighted by molar-refractivity contribution is 5.95. The van der Waals surface area contributed by atoms with E-state index in [9.17, 15) is 18.0 Å². The number of fused-ring (bicyclic) bond motifs is 1. The van der Waals surface area contributed by atoms with Crippen molar-refractivity contribution < 1.29 is 18.0 Å². The van der Waals surface area contributed by atoms with Gasteiger partial charge in [0.1, 0.15) is 0 Å². The Kier molecular flexibility index (Phi) is 6.08. The Labute approximate surface area is 163 Å². The third kappa shape index (κ3) is 5.13. The van der Waals surface area contributed by atoms with Gasteiger partial charge in [0.05, 0.1) is 0 Å². The molecule has 1 aliphatic heterocycles. The molecule has 6 heteroatoms. The first-order valence-electron chi connectivity index (χ1n) is 9.55. The van der Waals surface area contributed by atoms with Crippen LogP contribution in [0, 0.1) is 5.92 Å². The summed E-state index contributed by atoms with van der Waals surface area (Å²) in [6.45, 7) is 7.51. The van der Waals surface area contributed by atoms with Gasteiger partial charge in [0, 0.05) is 18.8 Å². The number of carbonyl (C=O) groups is 1. The number of anilines is 1. The monoisotopic (exact) mass is 390 g/mol. The van der Waals surface area contributed by atoms with Crippen molar-refractivity contribution in [2.75, 3.05) is 18.4 Å². The molecule has 1 heterocycles. The van der Waals surface area contributed by atoms with E-state index >= 15 is 0 Å². The zero-order valence-corrected chi connectivity index (χ0v) is 16.1. The van der Waals surface area contributed by atoms with Crippen LogP contribution in [-0.4, -0.2) is 30.1 Å². The predicted molar refractivity (Wildman–Crippen MR) is 105 cm³/mol. The molecule has 0 radical (unpaired) electrons. The van der Waals surface area contributed by atoms with Crippen molar-refractivity contribution in [2.24, 2.45) is 5.92 Å². The average molecular weight is 390 g/mol. The van der Waals surface area contributed by atoms with Gasteiger partial charge in [-0.1, -0.05) is 44.2 Å². The lowest BCUT2D eigenvalue weighted by Gasteiger charge is -2.29. The van der Waals surface area contributed by atoms with Crippen molar-refractivity contribution in [2.45, 2.75) is 39.4 Å². The number of hydrogen-bond donors (Lipinski definition) is 1. The topological polar surface area (TPSA) is 32.3 Å². The van der Waals surface area contributed by atoms with Crippen LogP contribution in [0.25, 0.3) is 11.1 Å². The third-order valence-electron chi connectivity index (χ3n) is 5.03. The lowest BCUT2D eigenvalue weighted by atomic mass is 9.94. The Morgan fingerprint density at radius 1 is 1.11 bits per heavy atom. The van der Waals surface area contributed by atoms with E-state index in [1.165, 1.54) is 23.6 Å². The second-order valence-electron chi connectivity index (χ2n) is 7.72. The zero-order chi connectivity index (χ0) is 20.3. The summed E-state index contributed by atoms with van der Waals surface area (Å²) in [6, 6.07) is 12.7. The fourth-order valence-corrected chi connectivity index (χ4v) is 3.40. The minimum absolute atomic E-state index is 0.136. The molecule has 3 nitrogen and oxygen atoms in total. The van der Waals surface area contributed by atoms with Crippen LogP contribution in [0.4, 0.5) is 18.9 Å². The first-order valence-corrected chi connectivity index (χ1v) is 9.55. The van der Waals surface area contributed by atoms with Crippen LogP contribution in [-0.2, 0) is 17.8 Å². The number of alkyl halides is 3. The van der Waals surface area contributed by atoms with Crippen LogP contribution in [0.5, 0.6) is 0 Å². The van der Waals surface area contributed by atoms with E-state index in [4.69, 9.17) is 0 Å². The van der Waals surface area contributed by atoms with Gasteiger partial charge in [-0.15, -0.1) is 0 Å². The van der Waals surface area contributed by atoms with E-state index in [0.717, 1.165) is 37.2 Å². The predicted octanol–water partition coefficient (Wildman–Crippen LogP) is 5.26. The highest BCUT2D eigenvalue weighted by atomic mass is 19.4. The molecule has 2 aromatic rings. The van der Waals surface area contributed by atoms with Gasteiger partial charge in [0.2, 0.25) is 0 Å². The number of nitrogens with one attached hydrogen (secondary N) is 1. The van der Waals surface area contributed by atoms with Crippen LogP contribution in [0.2, 0.25) is 0 Å². The van der Waals surface area contributed by atoms with Crippen molar-refractivity contribution in [1.29, 1.82) is 0 Å². The summed E-state index contributed by atoms with van der Waals surface area (Å²) < 4.78 is 37.4. The van der Waals surface area contributed by atoms with Crippen molar-refractivity contribution in [3.63, 3.8) is 0 Å². The van der Waals surface area contributed by atoms with Gasteiger partial charge in [0.25, 0.3) is 0 Å². The van der Waals surface area contributed by atoms with E-state index < -0.39 is 12.1 Å². The van der Waals surface area contributed by atoms with Crippen LogP contribution >= 0.6 is 0 Å². The SMILES string of the molecule is CC(C)CCN1CCc2cc(-c3cccc(NC(=O)C(F)(F)F)c3)ccc2C1. The van der Waals surface area contributed by atoms with Gasteiger partial charge >= 0.3 is 12.1 Å². The molecule has 2 aromatic carbocycles. The van der Waals surface area contributed by atoms with Crippen LogP contribution in [0.15, 0.2) is 42.5 Å². The molecule has 0 aromatic heterocycles. The average Bonchev–Trinajstić information content (AvgIpc) is 2.65. The van der Waals surface area contributed by atoms with Gasteiger partial charge in [-0.25, -0.2) is 0 Å². The Morgan fingerprint density at radius 2 is 1.86 bits per heavy atom. The second kappa shape index (κ2) is 8.35. The molecule has 0 saturated carbocycles. The van der Waals surface area contributed by atoms with Crippen LogP contribution in [0.1, 0.15) is 31.4 Å². The molecule has 1 amide bonds. The number of nitrogens with zero attached hydrogens (tertiary/aromatic N) is 1. The zero-order valence-electron chi connectivity index (χ0n) is 16.1. The quantitative estimate of drug-likeness (QED) is 0.755. The summed E-state index contributed by atoms with van der Waals surface area (Å²) in [5, 5.41) is 1.91. The van der Waals surface area contributed by atoms with Crippen LogP contribution < -0.4 is 5.32 Å². The fraction of sp³-hybridized carbons (Fsp3) is 0.409. The number of hydrogen-bond acceptors (Lipinski definition) is 2. The molecule has 150 valence electrons. The molecule has 0 atom stereocenters. The minimum atomic E-state index is -4.90. The van der Waals surface area contributed by atoms with Crippen molar-refractivity contribution >= 4 is 11.6 Å². The first-order chi connectivity index (χ1) is 13.2. The number of amides is 1. The molecule has 0 aliphatic carbocycles. The number of rotatable bonds is 5. The second-order valence-corrected chi connectivity index (χ2v) is 7.72. The number of benzene rings is 2. The lowest BCUT2D eigenvalue weighted by molar-refractivity contribution is -0.167. The van der Waals surface area contributed by atoms with Crippen molar-refractivity contribution in [3.8, 4) is 11.1 Å². The summed E-state index contributed by atoms with van der Waals surface area (Å²) in [7, 11) is 0. The van der Waals surface area contributed by atoms with Gasteiger partial charge in [-0.3, -0.25) is 9.69 Å². The molecular formula is C22H25F3N2O. The first kappa shape index (κ1) is 20.4. The van der Waals surface area contributed by atoms with E-state index in [-0.39, 0.29) is 5.69 Å². The summed E-state index contributed by atoms with van der Waals surface area (Å²) in [6.07, 6.45) is -2.75. The van der Waals surface area contributed by atoms with E-state index in [2.05, 4.69) is 30.9 Å². The van der Waals surface area contributed by atoms with Gasteiger partial charge in [0.15, 0.2) is 0 Å². The van der Waals surface area contributed by atoms with Crippen molar-refractivity contribution in [1.82, 2.24) is 4.90 Å². The highest BCUT2D eigenvalue weighted by Crippen LogP contribution is 2.28. The third-order valence-corrected chi connectivity index (χ3v) is 5.03. The Bertz CT molecular complexity index is 846. The Morgan fingerprint density at radius 3 is 2.57 bits per heavy atom. The lowest BCUT2D eigenvalue weighted by Crippen LogP contribution is -2.31. The van der Waals surface area contributed by atoms with Gasteiger partial charge in [-0.2, -0.15) is 13.2 Å². The van der Waals surface area contributed by atoms with E-state index in [1.807, 2.05) is 17.4 Å². The van der Waals surface area contributed by atoms with Gasteiger partial charge < -0.3 is 5.32 Å². The maximum absolute atomic E-state index is 12.5. The molecule has 1 N–H and O–H groups in total. The molecule has 28 heavy (non-hydrogen) atoms. The summed E-state index contributed by atoms with van der Waals surface area (Å²) in [4.78, 5) is 13.6. The maximum Gasteiger partial charge on any atom is 0.471 e. The van der Waals surface area contributed by atoms with E-state index in [1.54, 1.807) is 12.1 Å². The van der Waals surface area contributed by atoms with E-state index in [0.29, 0.717) is 5.92 Å². The maximum atomic E-state index is 12.5. The molecule has 0 saturated heterocycles. The largest absolute Gasteiger partial charge is 0.471 e. The van der Waals surface area contributed by atoms with Crippen molar-refractivity contribution in [3.05, 3.63) is 53.6 Å². The summed E-state index contributed by atoms with van der Waals surface area (Å²) in [5.74, 6) is -1.27. The summed E-state index contributed by atoms with van der Waals surface area (Å²) in [5.41, 5.74) is 4.45. The molecular weight excluding hydrogens is 365 g/mol. The highest BCUT2D eigenvalue weighted by Gasteiger charge is 2.38. The molecule has 0 spiro atoms. The van der Waals surface area contributed by atoms with Crippen LogP contribution in [0.3, 0.4) is 0 Å². The molecule has 1 aliphatic rings.